The first-order valence-corrected chi connectivity index (χ1v) is 8.10. The maximum Gasteiger partial charge on any atom is 0.276 e. The summed E-state index contributed by atoms with van der Waals surface area (Å²) in [6, 6.07) is 11.3. The van der Waals surface area contributed by atoms with Crippen LogP contribution in [0.15, 0.2) is 36.4 Å². The molecule has 2 aromatic rings. The van der Waals surface area contributed by atoms with Gasteiger partial charge in [-0.15, -0.1) is 10.2 Å². The normalized spacial score (nSPS) is 10.4. The van der Waals surface area contributed by atoms with Crippen molar-refractivity contribution < 1.29 is 4.79 Å². The molecule has 0 saturated heterocycles. The zero-order valence-corrected chi connectivity index (χ0v) is 14.0. The van der Waals surface area contributed by atoms with Gasteiger partial charge in [-0.3, -0.25) is 4.79 Å². The van der Waals surface area contributed by atoms with Crippen LogP contribution in [-0.2, 0) is 0 Å². The Kier molecular flexibility index (Phi) is 6.09. The monoisotopic (exact) mass is 312 g/mol. The van der Waals surface area contributed by atoms with Gasteiger partial charge in [0.1, 0.15) is 0 Å². The lowest BCUT2D eigenvalue weighted by Crippen LogP contribution is -2.26. The second-order valence-corrected chi connectivity index (χ2v) is 5.58. The lowest BCUT2D eigenvalue weighted by atomic mass is 10.2. The molecule has 0 aliphatic rings. The number of carbonyl (C=O) groups is 1. The second-order valence-electron chi connectivity index (χ2n) is 5.58. The number of hydrogen-bond acceptors (Lipinski definition) is 4. The minimum atomic E-state index is -0.245. The van der Waals surface area contributed by atoms with Crippen LogP contribution in [0.25, 0.3) is 0 Å². The molecule has 1 heterocycles. The number of rotatable bonds is 7. The molecule has 0 aliphatic heterocycles. The van der Waals surface area contributed by atoms with E-state index in [0.29, 0.717) is 5.69 Å². The molecule has 5 heteroatoms. The molecule has 1 aromatic carbocycles. The third-order valence-corrected chi connectivity index (χ3v) is 3.50. The Labute approximate surface area is 137 Å². The Morgan fingerprint density at radius 2 is 1.65 bits per heavy atom. The number of aromatic nitrogens is 2. The molecular formula is C18H24N4O. The Balaban J connectivity index is 2.05. The van der Waals surface area contributed by atoms with Crippen LogP contribution >= 0.6 is 0 Å². The van der Waals surface area contributed by atoms with Crippen LogP contribution in [0.1, 0.15) is 42.7 Å². The highest BCUT2D eigenvalue weighted by Crippen LogP contribution is 2.13. The predicted octanol–water partition coefficient (Wildman–Crippen LogP) is 3.66. The van der Waals surface area contributed by atoms with Crippen molar-refractivity contribution in [2.75, 3.05) is 23.3 Å². The van der Waals surface area contributed by atoms with Crippen LogP contribution in [0.3, 0.4) is 0 Å². The van der Waals surface area contributed by atoms with Gasteiger partial charge in [-0.05, 0) is 44.0 Å². The predicted molar refractivity (Wildman–Crippen MR) is 94.0 cm³/mol. The van der Waals surface area contributed by atoms with Gasteiger partial charge < -0.3 is 10.2 Å². The van der Waals surface area contributed by atoms with E-state index in [2.05, 4.69) is 34.3 Å². The van der Waals surface area contributed by atoms with E-state index < -0.39 is 0 Å². The summed E-state index contributed by atoms with van der Waals surface area (Å²) in [6.45, 7) is 8.17. The second kappa shape index (κ2) is 8.27. The Morgan fingerprint density at radius 1 is 1.00 bits per heavy atom. The number of nitrogens with zero attached hydrogens (tertiary/aromatic N) is 3. The molecule has 0 unspecified atom stereocenters. The molecule has 1 N–H and O–H groups in total. The van der Waals surface area contributed by atoms with Gasteiger partial charge in [0.05, 0.1) is 0 Å². The van der Waals surface area contributed by atoms with E-state index in [1.807, 2.05) is 37.3 Å². The molecule has 0 bridgehead atoms. The highest BCUT2D eigenvalue weighted by molar-refractivity contribution is 6.02. The number of nitrogens with one attached hydrogen (secondary N) is 1. The minimum absolute atomic E-state index is 0.245. The first-order chi connectivity index (χ1) is 11.1. The summed E-state index contributed by atoms with van der Waals surface area (Å²) in [5.74, 6) is 0.575. The topological polar surface area (TPSA) is 58.1 Å². The van der Waals surface area contributed by atoms with Crippen LogP contribution in [0.4, 0.5) is 11.5 Å². The lowest BCUT2D eigenvalue weighted by Gasteiger charge is -2.21. The fourth-order valence-electron chi connectivity index (χ4n) is 2.33. The molecule has 0 spiro atoms. The maximum absolute atomic E-state index is 12.2. The fraction of sp³-hybridized carbons (Fsp3) is 0.389. The van der Waals surface area contributed by atoms with Gasteiger partial charge in [0.2, 0.25) is 0 Å². The summed E-state index contributed by atoms with van der Waals surface area (Å²) < 4.78 is 0. The third kappa shape index (κ3) is 4.77. The van der Waals surface area contributed by atoms with Gasteiger partial charge in [0, 0.05) is 18.8 Å². The van der Waals surface area contributed by atoms with Crippen molar-refractivity contribution in [3.63, 3.8) is 0 Å². The number of aryl methyl sites for hydroxylation is 1. The molecule has 0 radical (unpaired) electrons. The van der Waals surface area contributed by atoms with Gasteiger partial charge >= 0.3 is 0 Å². The van der Waals surface area contributed by atoms with Crippen molar-refractivity contribution in [2.45, 2.75) is 33.6 Å². The largest absolute Gasteiger partial charge is 0.355 e. The van der Waals surface area contributed by atoms with Crippen LogP contribution < -0.4 is 10.2 Å². The number of benzene rings is 1. The molecule has 2 rings (SSSR count). The first kappa shape index (κ1) is 16.9. The van der Waals surface area contributed by atoms with E-state index in [1.165, 1.54) is 0 Å². The van der Waals surface area contributed by atoms with Gasteiger partial charge in [-0.2, -0.15) is 0 Å². The van der Waals surface area contributed by atoms with Gasteiger partial charge in [0.25, 0.3) is 5.91 Å². The standard InChI is InChI=1S/C18H24N4O/c1-4-12-22(13-5-2)17-11-10-16(20-21-17)18(23)19-15-8-6-14(3)7-9-15/h6-11H,4-5,12-13H2,1-3H3,(H,19,23). The molecule has 1 amide bonds. The average Bonchev–Trinajstić information content (AvgIpc) is 2.57. The summed E-state index contributed by atoms with van der Waals surface area (Å²) in [6.07, 6.45) is 2.11. The summed E-state index contributed by atoms with van der Waals surface area (Å²) in [5, 5.41) is 11.1. The maximum atomic E-state index is 12.2. The van der Waals surface area contributed by atoms with Gasteiger partial charge in [-0.25, -0.2) is 0 Å². The summed E-state index contributed by atoms with van der Waals surface area (Å²) in [5.41, 5.74) is 2.23. The third-order valence-electron chi connectivity index (χ3n) is 3.50. The fourth-order valence-corrected chi connectivity index (χ4v) is 2.33. The molecule has 0 atom stereocenters. The Morgan fingerprint density at radius 3 is 2.17 bits per heavy atom. The number of anilines is 2. The van der Waals surface area contributed by atoms with Crippen molar-refractivity contribution in [2.24, 2.45) is 0 Å². The summed E-state index contributed by atoms with van der Waals surface area (Å²) >= 11 is 0. The molecule has 0 saturated carbocycles. The molecule has 1 aromatic heterocycles. The van der Waals surface area contributed by atoms with Crippen molar-refractivity contribution in [1.82, 2.24) is 10.2 Å². The average molecular weight is 312 g/mol. The van der Waals surface area contributed by atoms with E-state index in [4.69, 9.17) is 0 Å². The highest BCUT2D eigenvalue weighted by Gasteiger charge is 2.11. The number of hydrogen-bond donors (Lipinski definition) is 1. The van der Waals surface area contributed by atoms with E-state index in [9.17, 15) is 4.79 Å². The highest BCUT2D eigenvalue weighted by atomic mass is 16.1. The SMILES string of the molecule is CCCN(CCC)c1ccc(C(=O)Nc2ccc(C)cc2)nn1. The van der Waals surface area contributed by atoms with Crippen molar-refractivity contribution in [3.8, 4) is 0 Å². The van der Waals surface area contributed by atoms with Crippen molar-refractivity contribution in [3.05, 3.63) is 47.7 Å². The first-order valence-electron chi connectivity index (χ1n) is 8.10. The van der Waals surface area contributed by atoms with Gasteiger partial charge in [-0.1, -0.05) is 31.5 Å². The van der Waals surface area contributed by atoms with E-state index in [-0.39, 0.29) is 5.91 Å². The van der Waals surface area contributed by atoms with Crippen LogP contribution in [0.2, 0.25) is 0 Å². The lowest BCUT2D eigenvalue weighted by molar-refractivity contribution is 0.102. The van der Waals surface area contributed by atoms with Crippen molar-refractivity contribution in [1.29, 1.82) is 0 Å². The van der Waals surface area contributed by atoms with E-state index in [1.54, 1.807) is 6.07 Å². The van der Waals surface area contributed by atoms with E-state index in [0.717, 1.165) is 43.0 Å². The van der Waals surface area contributed by atoms with Gasteiger partial charge in [0.15, 0.2) is 11.5 Å². The molecule has 0 aliphatic carbocycles. The molecule has 0 fully saturated rings. The summed E-state index contributed by atoms with van der Waals surface area (Å²) in [7, 11) is 0. The Bertz CT molecular complexity index is 616. The van der Waals surface area contributed by atoms with Crippen LogP contribution in [-0.4, -0.2) is 29.2 Å². The quantitative estimate of drug-likeness (QED) is 0.847. The smallest absolute Gasteiger partial charge is 0.276 e. The zero-order valence-electron chi connectivity index (χ0n) is 14.0. The summed E-state index contributed by atoms with van der Waals surface area (Å²) in [4.78, 5) is 14.4. The van der Waals surface area contributed by atoms with Crippen molar-refractivity contribution >= 4 is 17.4 Å². The number of amides is 1. The molecule has 5 nitrogen and oxygen atoms in total. The van der Waals surface area contributed by atoms with E-state index >= 15 is 0 Å². The van der Waals surface area contributed by atoms with Crippen LogP contribution in [0, 0.1) is 6.92 Å². The minimum Gasteiger partial charge on any atom is -0.355 e. The molecular weight excluding hydrogens is 288 g/mol. The molecule has 23 heavy (non-hydrogen) atoms. The number of carbonyl (C=O) groups excluding carboxylic acids is 1. The zero-order chi connectivity index (χ0) is 16.7. The van der Waals surface area contributed by atoms with Crippen LogP contribution in [0.5, 0.6) is 0 Å². The molecule has 122 valence electrons. The Hall–Kier alpha value is -2.43.